The first-order valence-corrected chi connectivity index (χ1v) is 9.63. The summed E-state index contributed by atoms with van der Waals surface area (Å²) in [6, 6.07) is 5.84. The third-order valence-electron chi connectivity index (χ3n) is 4.68. The molecule has 1 aliphatic rings. The average molecular weight is 411 g/mol. The summed E-state index contributed by atoms with van der Waals surface area (Å²) in [7, 11) is 0. The molecule has 3 aromatic rings. The third-order valence-corrected chi connectivity index (χ3v) is 4.68. The van der Waals surface area contributed by atoms with Crippen molar-refractivity contribution in [2.75, 3.05) is 24.7 Å². The van der Waals surface area contributed by atoms with Crippen molar-refractivity contribution >= 4 is 11.7 Å². The van der Waals surface area contributed by atoms with Crippen LogP contribution in [0.5, 0.6) is 0 Å². The van der Waals surface area contributed by atoms with E-state index in [1.165, 1.54) is 35.4 Å². The molecule has 4 rings (SSSR count). The smallest absolute Gasteiger partial charge is 0.256 e. The Morgan fingerprint density at radius 1 is 1.13 bits per heavy atom. The monoisotopic (exact) mass is 411 g/mol. The number of anilines is 1. The number of halogens is 1. The molecule has 1 fully saturated rings. The summed E-state index contributed by atoms with van der Waals surface area (Å²) in [6.45, 7) is 6.73. The van der Waals surface area contributed by atoms with Crippen molar-refractivity contribution in [1.82, 2.24) is 29.9 Å². The van der Waals surface area contributed by atoms with Crippen LogP contribution in [0.4, 0.5) is 10.2 Å². The van der Waals surface area contributed by atoms with Gasteiger partial charge in [0.1, 0.15) is 17.7 Å². The molecule has 2 aromatic heterocycles. The van der Waals surface area contributed by atoms with E-state index in [4.69, 9.17) is 4.84 Å². The Morgan fingerprint density at radius 3 is 2.63 bits per heavy atom. The van der Waals surface area contributed by atoms with Crippen LogP contribution in [0.3, 0.4) is 0 Å². The van der Waals surface area contributed by atoms with Crippen LogP contribution in [-0.4, -0.2) is 61.5 Å². The number of hydrogen-bond donors (Lipinski definition) is 0. The first kappa shape index (κ1) is 19.9. The minimum atomic E-state index is -0.498. The topological polar surface area (TPSA) is 89.3 Å². The molecule has 0 spiro atoms. The number of nitrogens with zero attached hydrogens (tertiary/aromatic N) is 7. The van der Waals surface area contributed by atoms with Crippen LogP contribution >= 0.6 is 0 Å². The zero-order valence-electron chi connectivity index (χ0n) is 17.0. The van der Waals surface area contributed by atoms with Crippen molar-refractivity contribution in [2.45, 2.75) is 26.9 Å². The van der Waals surface area contributed by atoms with E-state index in [1.807, 2.05) is 26.8 Å². The maximum atomic E-state index is 14.0. The number of rotatable bonds is 3. The first-order valence-electron chi connectivity index (χ1n) is 9.63. The molecule has 1 atom stereocenters. The van der Waals surface area contributed by atoms with Gasteiger partial charge in [0.15, 0.2) is 5.82 Å². The zero-order chi connectivity index (χ0) is 21.3. The average Bonchev–Trinajstić information content (AvgIpc) is 3.15. The van der Waals surface area contributed by atoms with Crippen LogP contribution in [0, 0.1) is 19.7 Å². The number of carbonyl (C=O) groups excluding carboxylic acids is 1. The third kappa shape index (κ3) is 4.13. The Balaban J connectivity index is 1.60. The summed E-state index contributed by atoms with van der Waals surface area (Å²) in [5.41, 5.74) is 1.45. The second-order valence-electron chi connectivity index (χ2n) is 7.16. The van der Waals surface area contributed by atoms with Gasteiger partial charge in [0.05, 0.1) is 30.2 Å². The molecule has 3 heterocycles. The van der Waals surface area contributed by atoms with E-state index in [9.17, 15) is 9.18 Å². The van der Waals surface area contributed by atoms with E-state index in [2.05, 4.69) is 20.2 Å². The highest BCUT2D eigenvalue weighted by Crippen LogP contribution is 2.21. The number of aryl methyl sites for hydroxylation is 2. The molecule has 1 aliphatic heterocycles. The van der Waals surface area contributed by atoms with Gasteiger partial charge in [-0.3, -0.25) is 9.63 Å². The van der Waals surface area contributed by atoms with Crippen molar-refractivity contribution in [1.29, 1.82) is 0 Å². The van der Waals surface area contributed by atoms with Gasteiger partial charge in [-0.2, -0.15) is 15.0 Å². The molecule has 0 N–H and O–H groups in total. The Kier molecular flexibility index (Phi) is 5.40. The summed E-state index contributed by atoms with van der Waals surface area (Å²) in [5, 5.41) is 9.82. The molecule has 0 unspecified atom stereocenters. The van der Waals surface area contributed by atoms with Crippen molar-refractivity contribution in [3.63, 3.8) is 0 Å². The van der Waals surface area contributed by atoms with Gasteiger partial charge in [0, 0.05) is 24.8 Å². The first-order chi connectivity index (χ1) is 14.4. The summed E-state index contributed by atoms with van der Waals surface area (Å²) in [6.07, 6.45) is 2.72. The number of carbonyl (C=O) groups is 1. The van der Waals surface area contributed by atoms with Gasteiger partial charge >= 0.3 is 0 Å². The van der Waals surface area contributed by atoms with Crippen LogP contribution < -0.4 is 5.06 Å². The van der Waals surface area contributed by atoms with Gasteiger partial charge in [0.2, 0.25) is 0 Å². The fraction of sp³-hybridized carbons (Fsp3) is 0.350. The van der Waals surface area contributed by atoms with Crippen LogP contribution in [-0.2, 0) is 4.84 Å². The maximum Gasteiger partial charge on any atom is 0.256 e. The molecule has 0 bridgehead atoms. The molecule has 1 amide bonds. The van der Waals surface area contributed by atoms with Gasteiger partial charge in [-0.05, 0) is 39.0 Å². The Morgan fingerprint density at radius 2 is 1.90 bits per heavy atom. The maximum absolute atomic E-state index is 14.0. The predicted molar refractivity (Wildman–Crippen MR) is 107 cm³/mol. The number of benzene rings is 1. The largest absolute Gasteiger partial charge is 0.334 e. The molecule has 0 radical (unpaired) electrons. The van der Waals surface area contributed by atoms with Crippen molar-refractivity contribution in [3.8, 4) is 5.69 Å². The molecule has 1 saturated heterocycles. The predicted octanol–water partition coefficient (Wildman–Crippen LogP) is 2.10. The van der Waals surface area contributed by atoms with Crippen LogP contribution in [0.1, 0.15) is 28.8 Å². The van der Waals surface area contributed by atoms with E-state index < -0.39 is 5.82 Å². The zero-order valence-corrected chi connectivity index (χ0v) is 17.0. The van der Waals surface area contributed by atoms with Gasteiger partial charge in [-0.1, -0.05) is 0 Å². The number of hydrogen-bond acceptors (Lipinski definition) is 7. The molecule has 1 aromatic carbocycles. The van der Waals surface area contributed by atoms with Crippen molar-refractivity contribution in [2.24, 2.45) is 0 Å². The summed E-state index contributed by atoms with van der Waals surface area (Å²) < 4.78 is 14.0. The van der Waals surface area contributed by atoms with Gasteiger partial charge in [-0.15, -0.1) is 0 Å². The molecule has 0 saturated carbocycles. The second kappa shape index (κ2) is 8.15. The number of amides is 1. The minimum absolute atomic E-state index is 0.195. The summed E-state index contributed by atoms with van der Waals surface area (Å²) >= 11 is 0. The number of aromatic nitrogens is 5. The molecule has 0 aliphatic carbocycles. The standard InChI is InChI=1S/C20H22FN7O2/c1-13-10-19(25-15(3)24-13)27-9-8-26(12-14(2)30-27)20(29)17-11-16(21)4-5-18(17)28-22-6-7-23-28/h4-7,10-11,14H,8-9,12H2,1-3H3/t14-/m0/s1. The lowest BCUT2D eigenvalue weighted by Crippen LogP contribution is -2.37. The SMILES string of the molecule is Cc1cc(N2CCN(C(=O)c3cc(F)ccc3-n3nccn3)C[C@H](C)O2)nc(C)n1. The molecular formula is C20H22FN7O2. The molecule has 10 heteroatoms. The van der Waals surface area contributed by atoms with Crippen molar-refractivity contribution < 1.29 is 14.0 Å². The van der Waals surface area contributed by atoms with E-state index in [0.717, 1.165) is 5.69 Å². The van der Waals surface area contributed by atoms with E-state index in [0.29, 0.717) is 37.0 Å². The highest BCUT2D eigenvalue weighted by Gasteiger charge is 2.28. The van der Waals surface area contributed by atoms with Gasteiger partial charge < -0.3 is 4.90 Å². The molecule has 156 valence electrons. The normalized spacial score (nSPS) is 17.1. The lowest BCUT2D eigenvalue weighted by atomic mass is 10.1. The highest BCUT2D eigenvalue weighted by molar-refractivity contribution is 5.97. The molecule has 9 nitrogen and oxygen atoms in total. The Bertz CT molecular complexity index is 1040. The lowest BCUT2D eigenvalue weighted by molar-refractivity contribution is 0.0422. The van der Waals surface area contributed by atoms with Crippen molar-refractivity contribution in [3.05, 3.63) is 59.6 Å². The van der Waals surface area contributed by atoms with E-state index in [-0.39, 0.29) is 17.6 Å². The minimum Gasteiger partial charge on any atom is -0.334 e. The van der Waals surface area contributed by atoms with Crippen LogP contribution in [0.25, 0.3) is 5.69 Å². The van der Waals surface area contributed by atoms with Crippen LogP contribution in [0.15, 0.2) is 36.7 Å². The Hall–Kier alpha value is -3.40. The fourth-order valence-electron chi connectivity index (χ4n) is 3.46. The number of hydroxylamine groups is 1. The summed E-state index contributed by atoms with van der Waals surface area (Å²) in [4.78, 5) is 31.0. The van der Waals surface area contributed by atoms with Crippen LogP contribution in [0.2, 0.25) is 0 Å². The van der Waals surface area contributed by atoms with E-state index >= 15 is 0 Å². The lowest BCUT2D eigenvalue weighted by Gasteiger charge is -2.22. The molecular weight excluding hydrogens is 389 g/mol. The highest BCUT2D eigenvalue weighted by atomic mass is 19.1. The second-order valence-corrected chi connectivity index (χ2v) is 7.16. The quantitative estimate of drug-likeness (QED) is 0.652. The van der Waals surface area contributed by atoms with E-state index in [1.54, 1.807) is 9.96 Å². The molecule has 30 heavy (non-hydrogen) atoms. The van der Waals surface area contributed by atoms with Gasteiger partial charge in [0.25, 0.3) is 5.91 Å². The Labute approximate surface area is 173 Å². The van der Waals surface area contributed by atoms with Gasteiger partial charge in [-0.25, -0.2) is 19.4 Å². The fourth-order valence-corrected chi connectivity index (χ4v) is 3.46. The summed E-state index contributed by atoms with van der Waals surface area (Å²) in [5.74, 6) is 0.485.